The van der Waals surface area contributed by atoms with Crippen LogP contribution in [0.2, 0.25) is 0 Å². The maximum Gasteiger partial charge on any atom is 0.411 e. The van der Waals surface area contributed by atoms with E-state index < -0.39 is 23.8 Å². The zero-order valence-electron chi connectivity index (χ0n) is 11.4. The number of fused-ring (bicyclic) bond motifs is 3. The Balaban J connectivity index is 2.22. The average molecular weight is 381 g/mol. The van der Waals surface area contributed by atoms with Crippen molar-refractivity contribution < 1.29 is 19.4 Å². The molecule has 3 rings (SSSR count). The summed E-state index contributed by atoms with van der Waals surface area (Å²) >= 11 is 1.72. The number of piperidine rings is 2. The van der Waals surface area contributed by atoms with Crippen molar-refractivity contribution >= 4 is 32.5 Å². The Bertz CT molecular complexity index is 393. The molecule has 0 unspecified atom stereocenters. The van der Waals surface area contributed by atoms with Gasteiger partial charge in [-0.1, -0.05) is 0 Å². The standard InChI is InChI=1S/C13H20INO4/c1-13(2,3)19-12(18)15-7-4-5-8(9(16)6-7)10(15)11(14)17/h7-10,16H,4-6H2,1-3H3/t7-,8+,9-,10-/m0/s1. The van der Waals surface area contributed by atoms with Gasteiger partial charge in [-0.05, 0) is 40.0 Å². The summed E-state index contributed by atoms with van der Waals surface area (Å²) in [6, 6.07) is -0.628. The first-order valence-corrected chi connectivity index (χ1v) is 7.67. The van der Waals surface area contributed by atoms with Crippen LogP contribution in [-0.4, -0.2) is 43.7 Å². The number of ether oxygens (including phenoxy) is 1. The molecule has 6 heteroatoms. The van der Waals surface area contributed by atoms with Crippen LogP contribution >= 0.6 is 22.6 Å². The molecular formula is C13H20INO4. The summed E-state index contributed by atoms with van der Waals surface area (Å²) in [6.45, 7) is 5.43. The van der Waals surface area contributed by atoms with Crippen LogP contribution < -0.4 is 0 Å². The van der Waals surface area contributed by atoms with Crippen molar-refractivity contribution in [3.05, 3.63) is 0 Å². The molecule has 1 aliphatic carbocycles. The lowest BCUT2D eigenvalue weighted by atomic mass is 9.73. The zero-order chi connectivity index (χ0) is 14.4. The molecule has 1 saturated carbocycles. The van der Waals surface area contributed by atoms with Gasteiger partial charge >= 0.3 is 6.09 Å². The molecule has 4 atom stereocenters. The van der Waals surface area contributed by atoms with E-state index in [0.29, 0.717) is 6.42 Å². The quantitative estimate of drug-likeness (QED) is 0.558. The van der Waals surface area contributed by atoms with Crippen molar-refractivity contribution in [2.24, 2.45) is 5.92 Å². The van der Waals surface area contributed by atoms with E-state index in [1.807, 2.05) is 20.8 Å². The summed E-state index contributed by atoms with van der Waals surface area (Å²) in [6.07, 6.45) is 1.25. The molecule has 1 N–H and O–H groups in total. The van der Waals surface area contributed by atoms with Crippen LogP contribution in [0.1, 0.15) is 40.0 Å². The van der Waals surface area contributed by atoms with Crippen LogP contribution in [0.3, 0.4) is 0 Å². The van der Waals surface area contributed by atoms with Gasteiger partial charge in [0.2, 0.25) is 3.79 Å². The monoisotopic (exact) mass is 381 g/mol. The van der Waals surface area contributed by atoms with Gasteiger partial charge in [-0.2, -0.15) is 0 Å². The molecule has 108 valence electrons. The highest BCUT2D eigenvalue weighted by Crippen LogP contribution is 2.41. The van der Waals surface area contributed by atoms with E-state index in [-0.39, 0.29) is 15.7 Å². The topological polar surface area (TPSA) is 66.8 Å². The molecule has 0 radical (unpaired) electrons. The van der Waals surface area contributed by atoms with Gasteiger partial charge in [0, 0.05) is 34.6 Å². The third-order valence-electron chi connectivity index (χ3n) is 3.78. The van der Waals surface area contributed by atoms with Gasteiger partial charge in [0.05, 0.1) is 6.10 Å². The Hall–Kier alpha value is -0.370. The molecule has 3 aliphatic rings. The van der Waals surface area contributed by atoms with E-state index in [2.05, 4.69) is 0 Å². The van der Waals surface area contributed by atoms with Crippen molar-refractivity contribution in [2.75, 3.05) is 0 Å². The lowest BCUT2D eigenvalue weighted by molar-refractivity contribution is -0.131. The molecule has 19 heavy (non-hydrogen) atoms. The Morgan fingerprint density at radius 2 is 1.95 bits per heavy atom. The Labute approximate surface area is 126 Å². The summed E-state index contributed by atoms with van der Waals surface area (Å²) in [7, 11) is 0. The minimum Gasteiger partial charge on any atom is -0.444 e. The minimum atomic E-state index is -0.578. The summed E-state index contributed by atoms with van der Waals surface area (Å²) in [5.41, 5.74) is -0.578. The van der Waals surface area contributed by atoms with Crippen molar-refractivity contribution in [1.29, 1.82) is 0 Å². The van der Waals surface area contributed by atoms with Crippen molar-refractivity contribution in [1.82, 2.24) is 4.90 Å². The second kappa shape index (κ2) is 5.20. The Morgan fingerprint density at radius 3 is 2.42 bits per heavy atom. The minimum absolute atomic E-state index is 0.0847. The van der Waals surface area contributed by atoms with Crippen molar-refractivity contribution in [3.63, 3.8) is 0 Å². The predicted molar refractivity (Wildman–Crippen MR) is 78.0 cm³/mol. The van der Waals surface area contributed by atoms with Gasteiger partial charge in [0.15, 0.2) is 0 Å². The van der Waals surface area contributed by atoms with E-state index in [1.54, 1.807) is 27.5 Å². The third kappa shape index (κ3) is 3.04. The number of hydrogen-bond donors (Lipinski definition) is 1. The highest BCUT2D eigenvalue weighted by molar-refractivity contribution is 14.1. The molecule has 1 amide bonds. The fourth-order valence-corrected chi connectivity index (χ4v) is 3.82. The highest BCUT2D eigenvalue weighted by Gasteiger charge is 2.51. The molecule has 2 aliphatic heterocycles. The number of aliphatic hydroxyl groups excluding tert-OH is 1. The van der Waals surface area contributed by atoms with Crippen LogP contribution in [0.25, 0.3) is 0 Å². The van der Waals surface area contributed by atoms with Gasteiger partial charge < -0.3 is 9.84 Å². The summed E-state index contributed by atoms with van der Waals surface area (Å²) in [5, 5.41) is 10.0. The fraction of sp³-hybridized carbons (Fsp3) is 0.846. The molecule has 0 aromatic carbocycles. The lowest BCUT2D eigenvalue weighted by Gasteiger charge is -2.51. The molecule has 0 spiro atoms. The normalized spacial score (nSPS) is 34.3. The van der Waals surface area contributed by atoms with Crippen LogP contribution in [0, 0.1) is 5.92 Å². The van der Waals surface area contributed by atoms with Gasteiger partial charge in [0.25, 0.3) is 0 Å². The fourth-order valence-electron chi connectivity index (χ4n) is 3.06. The second-order valence-corrected chi connectivity index (χ2v) is 7.40. The van der Waals surface area contributed by atoms with Crippen LogP contribution in [0.5, 0.6) is 0 Å². The number of nitrogens with zero attached hydrogens (tertiary/aromatic N) is 1. The average Bonchev–Trinajstić information content (AvgIpc) is 2.25. The molecule has 3 fully saturated rings. The smallest absolute Gasteiger partial charge is 0.411 e. The predicted octanol–water partition coefficient (Wildman–Crippen LogP) is 2.10. The van der Waals surface area contributed by atoms with E-state index in [1.165, 1.54) is 0 Å². The van der Waals surface area contributed by atoms with Gasteiger partial charge in [0.1, 0.15) is 11.6 Å². The summed E-state index contributed by atoms with van der Waals surface area (Å²) in [4.78, 5) is 25.7. The number of rotatable bonds is 1. The Kier molecular flexibility index (Phi) is 4.11. The Morgan fingerprint density at radius 1 is 1.32 bits per heavy atom. The third-order valence-corrected chi connectivity index (χ3v) is 4.41. The molecule has 0 aromatic heterocycles. The van der Waals surface area contributed by atoms with E-state index in [4.69, 9.17) is 4.74 Å². The molecule has 0 aromatic rings. The van der Waals surface area contributed by atoms with Gasteiger partial charge in [-0.15, -0.1) is 0 Å². The molecule has 2 heterocycles. The van der Waals surface area contributed by atoms with Gasteiger partial charge in [-0.25, -0.2) is 4.79 Å². The van der Waals surface area contributed by atoms with Crippen LogP contribution in [-0.2, 0) is 9.53 Å². The number of hydrogen-bond acceptors (Lipinski definition) is 4. The second-order valence-electron chi connectivity index (χ2n) is 6.33. The molecule has 5 nitrogen and oxygen atoms in total. The number of carbonyl (C=O) groups is 2. The van der Waals surface area contributed by atoms with Crippen LogP contribution in [0.15, 0.2) is 0 Å². The summed E-state index contributed by atoms with van der Waals surface area (Å²) in [5.74, 6) is -0.151. The van der Waals surface area contributed by atoms with E-state index >= 15 is 0 Å². The SMILES string of the molecule is CC(C)(C)OC(=O)N1[C@H]2CC[C@@H]([C@H]1C(=O)I)[C@@H](O)C2. The number of halogens is 1. The first-order valence-electron chi connectivity index (χ1n) is 6.59. The van der Waals surface area contributed by atoms with E-state index in [0.717, 1.165) is 12.8 Å². The lowest BCUT2D eigenvalue weighted by Crippen LogP contribution is -2.64. The first-order chi connectivity index (χ1) is 8.70. The summed E-state index contributed by atoms with van der Waals surface area (Å²) < 4.78 is 5.30. The number of aliphatic hydroxyl groups is 1. The van der Waals surface area contributed by atoms with Crippen molar-refractivity contribution in [2.45, 2.75) is 63.8 Å². The first kappa shape index (κ1) is 15.0. The maximum absolute atomic E-state index is 12.3. The van der Waals surface area contributed by atoms with Crippen molar-refractivity contribution in [3.8, 4) is 0 Å². The largest absolute Gasteiger partial charge is 0.444 e. The maximum atomic E-state index is 12.3. The van der Waals surface area contributed by atoms with Gasteiger partial charge in [-0.3, -0.25) is 9.69 Å². The molecule has 2 bridgehead atoms. The molecule has 2 saturated heterocycles. The number of carbonyl (C=O) groups excluding carboxylic acids is 2. The zero-order valence-corrected chi connectivity index (χ0v) is 13.6. The molecular weight excluding hydrogens is 361 g/mol. The highest BCUT2D eigenvalue weighted by atomic mass is 127. The van der Waals surface area contributed by atoms with Crippen LogP contribution in [0.4, 0.5) is 4.79 Å². The number of amides is 1. The van der Waals surface area contributed by atoms with E-state index in [9.17, 15) is 14.7 Å².